The van der Waals surface area contributed by atoms with Crippen molar-refractivity contribution < 1.29 is 22.7 Å². The van der Waals surface area contributed by atoms with Crippen LogP contribution >= 0.6 is 11.8 Å². The molecule has 0 aliphatic carbocycles. The molecule has 4 aromatic rings. The summed E-state index contributed by atoms with van der Waals surface area (Å²) < 4.78 is 42.6. The number of urea groups is 1. The summed E-state index contributed by atoms with van der Waals surface area (Å²) in [4.78, 5) is 23.6. The van der Waals surface area contributed by atoms with E-state index < -0.39 is 12.4 Å². The molecule has 2 amide bonds. The number of alkyl halides is 3. The van der Waals surface area contributed by atoms with Gasteiger partial charge in [-0.15, -0.1) is 18.3 Å². The van der Waals surface area contributed by atoms with Crippen molar-refractivity contribution >= 4 is 34.7 Å². The van der Waals surface area contributed by atoms with E-state index in [1.807, 2.05) is 30.3 Å². The molecule has 1 aliphatic heterocycles. The van der Waals surface area contributed by atoms with E-state index in [0.29, 0.717) is 22.6 Å². The number of hydrogen-bond acceptors (Lipinski definition) is 5. The molecule has 228 valence electrons. The molecule has 1 fully saturated rings. The fraction of sp³-hybridized carbons (Fsp3) is 0.250. The number of aromatic nitrogens is 3. The lowest BCUT2D eigenvalue weighted by Gasteiger charge is -2.32. The first-order chi connectivity index (χ1) is 21.1. The highest BCUT2D eigenvalue weighted by Crippen LogP contribution is 2.34. The molecule has 3 aromatic carbocycles. The Hall–Kier alpha value is -4.58. The number of halogens is 3. The Balaban J connectivity index is 1.21. The zero-order valence-corrected chi connectivity index (χ0v) is 25.2. The van der Waals surface area contributed by atoms with E-state index in [9.17, 15) is 18.0 Å². The largest absolute Gasteiger partial charge is 0.573 e. The Morgan fingerprint density at radius 1 is 1.09 bits per heavy atom. The Morgan fingerprint density at radius 2 is 1.84 bits per heavy atom. The topological polar surface area (TPSA) is 84.6 Å². The van der Waals surface area contributed by atoms with Crippen LogP contribution < -0.4 is 15.0 Å². The second-order valence-electron chi connectivity index (χ2n) is 10.4. The molecule has 5 rings (SSSR count). The number of benzene rings is 3. The fourth-order valence-electron chi connectivity index (χ4n) is 4.92. The van der Waals surface area contributed by atoms with Gasteiger partial charge in [-0.1, -0.05) is 62.0 Å². The fourth-order valence-corrected chi connectivity index (χ4v) is 5.87. The van der Waals surface area contributed by atoms with Crippen LogP contribution in [0, 0.1) is 6.92 Å². The predicted octanol–water partition coefficient (Wildman–Crippen LogP) is 7.94. The van der Waals surface area contributed by atoms with Gasteiger partial charge >= 0.3 is 12.4 Å². The lowest BCUT2D eigenvalue weighted by Crippen LogP contribution is -2.36. The number of nitrogens with one attached hydrogen (secondary N) is 1. The minimum absolute atomic E-state index is 0.314. The zero-order valence-electron chi connectivity index (χ0n) is 24.4. The molecule has 1 N–H and O–H groups in total. The minimum Gasteiger partial charge on any atom is -0.406 e. The van der Waals surface area contributed by atoms with Crippen molar-refractivity contribution in [1.82, 2.24) is 20.1 Å². The average Bonchev–Trinajstić information content (AvgIpc) is 3.47. The van der Waals surface area contributed by atoms with Gasteiger partial charge in [-0.3, -0.25) is 0 Å². The Kier molecular flexibility index (Phi) is 9.38. The number of anilines is 1. The first-order valence-electron chi connectivity index (χ1n) is 14.0. The van der Waals surface area contributed by atoms with E-state index in [-0.39, 0.29) is 5.75 Å². The molecule has 12 heteroatoms. The van der Waals surface area contributed by atoms with E-state index in [2.05, 4.69) is 62.9 Å². The van der Waals surface area contributed by atoms with E-state index in [1.54, 1.807) is 24.0 Å². The molecule has 8 nitrogen and oxygen atoms in total. The van der Waals surface area contributed by atoms with E-state index in [1.165, 1.54) is 46.4 Å². The molecule has 0 bridgehead atoms. The minimum atomic E-state index is -4.75. The SMILES string of the molecule is Cc1cccc(N2CCCS/C2=N\C(=O)N/C=C/c2ccc(-c3ncn(-c4ccc(OC(F)(F)F)cc4)n3)cc2)c1C(C)C. The molecule has 44 heavy (non-hydrogen) atoms. The van der Waals surface area contributed by atoms with Gasteiger partial charge in [0.25, 0.3) is 0 Å². The molecule has 1 aromatic heterocycles. The lowest BCUT2D eigenvalue weighted by molar-refractivity contribution is -0.274. The van der Waals surface area contributed by atoms with Crippen molar-refractivity contribution in [3.63, 3.8) is 0 Å². The molecule has 0 spiro atoms. The molecule has 1 saturated heterocycles. The van der Waals surface area contributed by atoms with Crippen LogP contribution in [0.2, 0.25) is 0 Å². The number of carbonyl (C=O) groups is 1. The summed E-state index contributed by atoms with van der Waals surface area (Å²) in [5.41, 5.74) is 5.72. The maximum absolute atomic E-state index is 12.7. The van der Waals surface area contributed by atoms with Crippen LogP contribution in [0.5, 0.6) is 5.75 Å². The number of amides is 2. The lowest BCUT2D eigenvalue weighted by atomic mass is 9.95. The first kappa shape index (κ1) is 30.9. The normalized spacial score (nSPS) is 14.9. The quantitative estimate of drug-likeness (QED) is 0.226. The van der Waals surface area contributed by atoms with Gasteiger partial charge in [0.05, 0.1) is 5.69 Å². The summed E-state index contributed by atoms with van der Waals surface area (Å²) in [5, 5.41) is 7.85. The molecule has 2 heterocycles. The number of rotatable bonds is 7. The van der Waals surface area contributed by atoms with E-state index >= 15 is 0 Å². The monoisotopic (exact) mass is 620 g/mol. The molecular weight excluding hydrogens is 589 g/mol. The molecular formula is C32H31F3N6O2S. The van der Waals surface area contributed by atoms with E-state index in [4.69, 9.17) is 0 Å². The third kappa shape index (κ3) is 7.67. The summed E-state index contributed by atoms with van der Waals surface area (Å²) in [6, 6.07) is 18.6. The van der Waals surface area contributed by atoms with Gasteiger partial charge < -0.3 is 15.0 Å². The summed E-state index contributed by atoms with van der Waals surface area (Å²) in [6.45, 7) is 7.27. The van der Waals surface area contributed by atoms with Gasteiger partial charge in [0, 0.05) is 29.7 Å². The number of thioether (sulfide) groups is 1. The van der Waals surface area contributed by atoms with Gasteiger partial charge in [0.1, 0.15) is 12.1 Å². The summed E-state index contributed by atoms with van der Waals surface area (Å²) >= 11 is 1.58. The number of aliphatic imine (C=N–C) groups is 1. The highest BCUT2D eigenvalue weighted by molar-refractivity contribution is 8.14. The van der Waals surface area contributed by atoms with Gasteiger partial charge in [-0.25, -0.2) is 14.5 Å². The van der Waals surface area contributed by atoms with Crippen LogP contribution in [-0.2, 0) is 0 Å². The molecule has 0 radical (unpaired) electrons. The van der Waals surface area contributed by atoms with Crippen LogP contribution in [-0.4, -0.2) is 44.6 Å². The highest BCUT2D eigenvalue weighted by Gasteiger charge is 2.31. The first-order valence-corrected chi connectivity index (χ1v) is 15.0. The smallest absolute Gasteiger partial charge is 0.406 e. The molecule has 0 atom stereocenters. The van der Waals surface area contributed by atoms with Crippen molar-refractivity contribution in [2.75, 3.05) is 17.2 Å². The van der Waals surface area contributed by atoms with Crippen molar-refractivity contribution in [3.8, 4) is 22.8 Å². The van der Waals surface area contributed by atoms with Crippen molar-refractivity contribution in [1.29, 1.82) is 0 Å². The maximum atomic E-state index is 12.7. The van der Waals surface area contributed by atoms with Crippen LogP contribution in [0.3, 0.4) is 0 Å². The number of amidine groups is 1. The van der Waals surface area contributed by atoms with Crippen molar-refractivity contribution in [3.05, 3.63) is 95.9 Å². The average molecular weight is 621 g/mol. The number of hydrogen-bond donors (Lipinski definition) is 1. The summed E-state index contributed by atoms with van der Waals surface area (Å²) in [6.07, 6.45) is 1.07. The second-order valence-corrected chi connectivity index (χ2v) is 11.4. The predicted molar refractivity (Wildman–Crippen MR) is 168 cm³/mol. The molecule has 1 aliphatic rings. The number of aryl methyl sites for hydroxylation is 1. The van der Waals surface area contributed by atoms with Crippen LogP contribution in [0.25, 0.3) is 23.2 Å². The van der Waals surface area contributed by atoms with Crippen LogP contribution in [0.1, 0.15) is 42.9 Å². The summed E-state index contributed by atoms with van der Waals surface area (Å²) in [7, 11) is 0. The Bertz CT molecular complexity index is 1660. The number of ether oxygens (including phenoxy) is 1. The highest BCUT2D eigenvalue weighted by atomic mass is 32.2. The third-order valence-corrected chi connectivity index (χ3v) is 7.90. The maximum Gasteiger partial charge on any atom is 0.573 e. The zero-order chi connectivity index (χ0) is 31.3. The van der Waals surface area contributed by atoms with Crippen LogP contribution in [0.4, 0.5) is 23.7 Å². The Labute approximate surface area is 257 Å². The second kappa shape index (κ2) is 13.4. The van der Waals surface area contributed by atoms with Crippen molar-refractivity contribution in [2.24, 2.45) is 4.99 Å². The van der Waals surface area contributed by atoms with Gasteiger partial charge in [0.15, 0.2) is 11.0 Å². The van der Waals surface area contributed by atoms with Gasteiger partial charge in [-0.05, 0) is 72.4 Å². The third-order valence-electron chi connectivity index (χ3n) is 6.83. The molecule has 0 saturated carbocycles. The molecule has 0 unspecified atom stereocenters. The number of nitrogens with zero attached hydrogens (tertiary/aromatic N) is 5. The standard InChI is InChI=1S/C32H31F3N6O2S/c1-21(2)28-22(3)6-4-7-27(28)40-18-5-19-44-31(40)38-30(42)36-17-16-23-8-10-24(11-9-23)29-37-20-41(39-29)25-12-14-26(15-13-25)43-32(33,34)35/h4,6-17,20-21H,5,18-19H2,1-3H3,(H,36,42)/b17-16+,38-31-. The van der Waals surface area contributed by atoms with Crippen molar-refractivity contribution in [2.45, 2.75) is 39.5 Å². The summed E-state index contributed by atoms with van der Waals surface area (Å²) in [5.74, 6) is 1.39. The van der Waals surface area contributed by atoms with Gasteiger partial charge in [0.2, 0.25) is 0 Å². The Morgan fingerprint density at radius 3 is 2.55 bits per heavy atom. The number of carbonyl (C=O) groups excluding carboxylic acids is 1. The van der Waals surface area contributed by atoms with Crippen LogP contribution in [0.15, 0.2) is 84.2 Å². The van der Waals surface area contributed by atoms with E-state index in [0.717, 1.165) is 35.5 Å². The van der Waals surface area contributed by atoms with Gasteiger partial charge in [-0.2, -0.15) is 4.99 Å².